The molecule has 4 atom stereocenters. The van der Waals surface area contributed by atoms with Gasteiger partial charge < -0.3 is 16.8 Å². The van der Waals surface area contributed by atoms with Crippen molar-refractivity contribution < 1.29 is 0 Å². The fraction of sp³-hybridized carbons (Fsp3) is 0.630. The van der Waals surface area contributed by atoms with Gasteiger partial charge in [0.25, 0.3) is 0 Å². The summed E-state index contributed by atoms with van der Waals surface area (Å²) in [5, 5.41) is 3.52. The lowest BCUT2D eigenvalue weighted by Gasteiger charge is -2.56. The first-order valence-electron chi connectivity index (χ1n) is 12.0. The monoisotopic (exact) mass is 409 g/mol. The number of aryl methyl sites for hydroxylation is 1. The lowest BCUT2D eigenvalue weighted by atomic mass is 9.48. The Morgan fingerprint density at radius 2 is 2.00 bits per heavy atom. The summed E-state index contributed by atoms with van der Waals surface area (Å²) in [7, 11) is 0. The summed E-state index contributed by atoms with van der Waals surface area (Å²) in [6.07, 6.45) is 10.3. The fourth-order valence-corrected chi connectivity index (χ4v) is 6.33. The van der Waals surface area contributed by atoms with Gasteiger partial charge in [-0.05, 0) is 91.5 Å². The van der Waals surface area contributed by atoms with Crippen LogP contribution in [0.5, 0.6) is 0 Å². The lowest BCUT2D eigenvalue weighted by molar-refractivity contribution is 0.0525. The van der Waals surface area contributed by atoms with Gasteiger partial charge in [0.05, 0.1) is 0 Å². The molecule has 0 amide bonds. The molecule has 1 saturated carbocycles. The Bertz CT molecular complexity index is 782. The molecule has 0 radical (unpaired) electrons. The molecule has 166 valence electrons. The van der Waals surface area contributed by atoms with E-state index in [2.05, 4.69) is 57.4 Å². The van der Waals surface area contributed by atoms with Gasteiger partial charge in [0.2, 0.25) is 0 Å². The van der Waals surface area contributed by atoms with Crippen LogP contribution in [0.25, 0.3) is 0 Å². The third kappa shape index (κ3) is 4.24. The Morgan fingerprint density at radius 3 is 2.70 bits per heavy atom. The van der Waals surface area contributed by atoms with E-state index >= 15 is 0 Å². The van der Waals surface area contributed by atoms with Gasteiger partial charge >= 0.3 is 0 Å². The minimum atomic E-state index is -0.0400. The molecule has 0 saturated heterocycles. The third-order valence-corrected chi connectivity index (χ3v) is 8.31. The van der Waals surface area contributed by atoms with Gasteiger partial charge in [0.15, 0.2) is 0 Å². The molecular weight excluding hydrogens is 366 g/mol. The maximum absolute atomic E-state index is 6.35. The van der Waals surface area contributed by atoms with Gasteiger partial charge in [0, 0.05) is 17.4 Å². The molecule has 5 N–H and O–H groups in total. The molecule has 1 aromatic rings. The second kappa shape index (κ2) is 9.28. The molecule has 1 fully saturated rings. The Morgan fingerprint density at radius 1 is 1.23 bits per heavy atom. The Balaban J connectivity index is 1.84. The van der Waals surface area contributed by atoms with Crippen LogP contribution in [0, 0.1) is 11.3 Å². The lowest BCUT2D eigenvalue weighted by Crippen LogP contribution is -2.49. The van der Waals surface area contributed by atoms with Crippen molar-refractivity contribution >= 4 is 5.69 Å². The van der Waals surface area contributed by atoms with E-state index < -0.39 is 0 Å². The van der Waals surface area contributed by atoms with Crippen LogP contribution in [-0.2, 0) is 11.8 Å². The largest absolute Gasteiger partial charge is 0.358 e. The molecule has 3 rings (SSSR count). The van der Waals surface area contributed by atoms with E-state index in [4.69, 9.17) is 11.5 Å². The first-order chi connectivity index (χ1) is 14.3. The molecule has 3 nitrogen and oxygen atoms in total. The topological polar surface area (TPSA) is 64.1 Å². The molecule has 30 heavy (non-hydrogen) atoms. The summed E-state index contributed by atoms with van der Waals surface area (Å²) in [4.78, 5) is 0. The number of hydrogen-bond donors (Lipinski definition) is 3. The smallest absolute Gasteiger partial charge is 0.0441 e. The third-order valence-electron chi connectivity index (χ3n) is 8.31. The highest BCUT2D eigenvalue weighted by Crippen LogP contribution is 2.60. The molecule has 0 bridgehead atoms. The standard InChI is InChI=1S/C27H43N3/c1-6-19(2)26(4)15-9-16-27(5)23-18-22(13-11-21(23)12-14-25(26)27)30-20(3)24(29)10-7-8-17-28/h11,13,18,24-25,30H,2-3,6-10,12,14-17,28-29H2,1,4-5H3/t24?,25?,26-,27?/m1/s1. The van der Waals surface area contributed by atoms with Crippen LogP contribution in [0.1, 0.15) is 83.3 Å². The predicted molar refractivity (Wildman–Crippen MR) is 131 cm³/mol. The van der Waals surface area contributed by atoms with Crippen LogP contribution in [0.15, 0.2) is 42.6 Å². The molecule has 1 aromatic carbocycles. The number of allylic oxidation sites excluding steroid dienone is 1. The van der Waals surface area contributed by atoms with E-state index in [1.807, 2.05) is 0 Å². The fourth-order valence-electron chi connectivity index (χ4n) is 6.33. The number of anilines is 1. The van der Waals surface area contributed by atoms with Crippen LogP contribution < -0.4 is 16.8 Å². The van der Waals surface area contributed by atoms with E-state index in [1.165, 1.54) is 48.8 Å². The highest BCUT2D eigenvalue weighted by Gasteiger charge is 2.52. The Kier molecular flexibility index (Phi) is 7.14. The van der Waals surface area contributed by atoms with Crippen molar-refractivity contribution in [2.24, 2.45) is 22.8 Å². The summed E-state index contributed by atoms with van der Waals surface area (Å²) in [6, 6.07) is 6.88. The van der Waals surface area contributed by atoms with E-state index in [9.17, 15) is 0 Å². The van der Waals surface area contributed by atoms with Gasteiger partial charge in [-0.3, -0.25) is 0 Å². The first kappa shape index (κ1) is 23.1. The summed E-state index contributed by atoms with van der Waals surface area (Å²) >= 11 is 0. The minimum Gasteiger partial charge on any atom is -0.358 e. The van der Waals surface area contributed by atoms with Gasteiger partial charge in [-0.15, -0.1) is 0 Å². The average molecular weight is 410 g/mol. The van der Waals surface area contributed by atoms with Crippen molar-refractivity contribution in [3.05, 3.63) is 53.8 Å². The molecule has 0 aromatic heterocycles. The molecule has 2 aliphatic carbocycles. The number of nitrogens with one attached hydrogen (secondary N) is 1. The quantitative estimate of drug-likeness (QED) is 0.344. The Hall–Kier alpha value is -1.58. The predicted octanol–water partition coefficient (Wildman–Crippen LogP) is 6.05. The summed E-state index contributed by atoms with van der Waals surface area (Å²) in [5.41, 5.74) is 18.9. The van der Waals surface area contributed by atoms with E-state index in [0.29, 0.717) is 5.92 Å². The molecule has 2 aliphatic rings. The van der Waals surface area contributed by atoms with E-state index in [-0.39, 0.29) is 16.9 Å². The first-order valence-corrected chi connectivity index (χ1v) is 12.0. The second-order valence-electron chi connectivity index (χ2n) is 10.1. The number of nitrogens with two attached hydrogens (primary N) is 2. The average Bonchev–Trinajstić information content (AvgIpc) is 2.73. The highest BCUT2D eigenvalue weighted by atomic mass is 14.9. The van der Waals surface area contributed by atoms with Crippen molar-refractivity contribution in [3.63, 3.8) is 0 Å². The molecule has 0 aliphatic heterocycles. The second-order valence-corrected chi connectivity index (χ2v) is 10.1. The van der Waals surface area contributed by atoms with Gasteiger partial charge in [-0.25, -0.2) is 0 Å². The van der Waals surface area contributed by atoms with Gasteiger partial charge in [-0.2, -0.15) is 0 Å². The SMILES string of the molecule is C=C(Nc1ccc2c(c1)C1(C)CCC[C@](C)(C(=C)CC)C1CC2)C(N)CCCCN. The van der Waals surface area contributed by atoms with Gasteiger partial charge in [0.1, 0.15) is 0 Å². The molecule has 0 heterocycles. The number of rotatable bonds is 9. The van der Waals surface area contributed by atoms with Crippen molar-refractivity contribution in [2.45, 2.75) is 90.0 Å². The summed E-state index contributed by atoms with van der Waals surface area (Å²) < 4.78 is 0. The maximum Gasteiger partial charge on any atom is 0.0441 e. The van der Waals surface area contributed by atoms with Crippen LogP contribution in [0.4, 0.5) is 5.69 Å². The Labute approximate surface area is 184 Å². The number of hydrogen-bond acceptors (Lipinski definition) is 3. The number of fused-ring (bicyclic) bond motifs is 3. The molecular formula is C27H43N3. The molecule has 0 spiro atoms. The normalized spacial score (nSPS) is 28.9. The van der Waals surface area contributed by atoms with E-state index in [0.717, 1.165) is 43.6 Å². The number of unbranched alkanes of at least 4 members (excludes halogenated alkanes) is 1. The van der Waals surface area contributed by atoms with Crippen molar-refractivity contribution in [3.8, 4) is 0 Å². The highest BCUT2D eigenvalue weighted by molar-refractivity contribution is 5.55. The summed E-state index contributed by atoms with van der Waals surface area (Å²) in [5.74, 6) is 0.663. The van der Waals surface area contributed by atoms with Crippen molar-refractivity contribution in [1.82, 2.24) is 0 Å². The number of benzene rings is 1. The van der Waals surface area contributed by atoms with Gasteiger partial charge in [-0.1, -0.05) is 58.4 Å². The van der Waals surface area contributed by atoms with Crippen LogP contribution in [-0.4, -0.2) is 12.6 Å². The minimum absolute atomic E-state index is 0.0400. The maximum atomic E-state index is 6.35. The molecule has 3 unspecified atom stereocenters. The van der Waals surface area contributed by atoms with Crippen LogP contribution in [0.2, 0.25) is 0 Å². The zero-order chi connectivity index (χ0) is 21.9. The molecule has 3 heteroatoms. The zero-order valence-corrected chi connectivity index (χ0v) is 19.5. The van der Waals surface area contributed by atoms with E-state index in [1.54, 1.807) is 0 Å². The van der Waals surface area contributed by atoms with Crippen LogP contribution >= 0.6 is 0 Å². The van der Waals surface area contributed by atoms with Crippen molar-refractivity contribution in [1.29, 1.82) is 0 Å². The zero-order valence-electron chi connectivity index (χ0n) is 19.5. The van der Waals surface area contributed by atoms with Crippen LogP contribution in [0.3, 0.4) is 0 Å². The van der Waals surface area contributed by atoms with Crippen molar-refractivity contribution in [2.75, 3.05) is 11.9 Å². The summed E-state index contributed by atoms with van der Waals surface area (Å²) in [6.45, 7) is 16.7.